The molecular formula is C16H22O6. The van der Waals surface area contributed by atoms with Crippen LogP contribution >= 0.6 is 0 Å². The van der Waals surface area contributed by atoms with Crippen LogP contribution in [0.4, 0.5) is 0 Å². The number of benzene rings is 1. The van der Waals surface area contributed by atoms with Gasteiger partial charge < -0.3 is 29.2 Å². The van der Waals surface area contributed by atoms with E-state index in [1.165, 1.54) is 0 Å². The van der Waals surface area contributed by atoms with Gasteiger partial charge in [0.25, 0.3) is 0 Å². The monoisotopic (exact) mass is 310 g/mol. The van der Waals surface area contributed by atoms with Gasteiger partial charge in [0, 0.05) is 0 Å². The molecule has 0 bridgehead atoms. The maximum absolute atomic E-state index is 9.69. The Morgan fingerprint density at radius 2 is 1.73 bits per heavy atom. The second kappa shape index (κ2) is 5.88. The van der Waals surface area contributed by atoms with Crippen molar-refractivity contribution in [2.75, 3.05) is 13.2 Å². The molecule has 2 aliphatic rings. The van der Waals surface area contributed by atoms with E-state index in [1.54, 1.807) is 13.8 Å². The average Bonchev–Trinajstić information content (AvgIpc) is 2.95. The van der Waals surface area contributed by atoms with Crippen molar-refractivity contribution >= 4 is 0 Å². The topological polar surface area (TPSA) is 77.4 Å². The van der Waals surface area contributed by atoms with Gasteiger partial charge in [0.1, 0.15) is 17.8 Å². The first-order chi connectivity index (χ1) is 10.5. The van der Waals surface area contributed by atoms with Crippen LogP contribution in [-0.2, 0) is 25.6 Å². The SMILES string of the molecule is CC1(C)O[C@H]2OC(CO)(CO)[C@@H](OCc3ccccc3)[C@H]2O1. The summed E-state index contributed by atoms with van der Waals surface area (Å²) in [7, 11) is 0. The predicted octanol–water partition coefficient (Wildman–Crippen LogP) is 0.803. The van der Waals surface area contributed by atoms with E-state index in [1.807, 2.05) is 30.3 Å². The molecule has 3 atom stereocenters. The number of fused-ring (bicyclic) bond motifs is 1. The molecule has 2 heterocycles. The zero-order valence-electron chi connectivity index (χ0n) is 12.8. The van der Waals surface area contributed by atoms with Gasteiger partial charge in [-0.2, -0.15) is 0 Å². The van der Waals surface area contributed by atoms with Crippen LogP contribution in [0.1, 0.15) is 19.4 Å². The van der Waals surface area contributed by atoms with Crippen LogP contribution in [0.3, 0.4) is 0 Å². The molecular weight excluding hydrogens is 288 g/mol. The lowest BCUT2D eigenvalue weighted by molar-refractivity contribution is -0.258. The summed E-state index contributed by atoms with van der Waals surface area (Å²) in [4.78, 5) is 0. The van der Waals surface area contributed by atoms with Crippen molar-refractivity contribution in [1.82, 2.24) is 0 Å². The van der Waals surface area contributed by atoms with E-state index in [9.17, 15) is 10.2 Å². The molecule has 0 amide bonds. The molecule has 6 nitrogen and oxygen atoms in total. The molecule has 0 aromatic heterocycles. The minimum atomic E-state index is -1.22. The van der Waals surface area contributed by atoms with Gasteiger partial charge in [0.15, 0.2) is 12.1 Å². The van der Waals surface area contributed by atoms with E-state index in [4.69, 9.17) is 18.9 Å². The van der Waals surface area contributed by atoms with Crippen LogP contribution in [0.15, 0.2) is 30.3 Å². The van der Waals surface area contributed by atoms with Crippen molar-refractivity contribution in [3.63, 3.8) is 0 Å². The molecule has 3 rings (SSSR count). The van der Waals surface area contributed by atoms with Crippen LogP contribution in [0.2, 0.25) is 0 Å². The zero-order chi connectivity index (χ0) is 15.8. The maximum Gasteiger partial charge on any atom is 0.190 e. The minimum absolute atomic E-state index is 0.337. The van der Waals surface area contributed by atoms with E-state index in [-0.39, 0.29) is 13.2 Å². The van der Waals surface area contributed by atoms with Crippen molar-refractivity contribution in [2.45, 2.75) is 50.3 Å². The normalized spacial score (nSPS) is 32.1. The standard InChI is InChI=1S/C16H22O6/c1-15(2)20-12-13(19-8-11-6-4-3-5-7-11)16(9-17,10-18)22-14(12)21-15/h3-7,12-14,17-18H,8-10H2,1-2H3/t12-,13+,14+/m1/s1. The summed E-state index contributed by atoms with van der Waals surface area (Å²) in [5.41, 5.74) is -0.227. The zero-order valence-corrected chi connectivity index (χ0v) is 12.8. The van der Waals surface area contributed by atoms with E-state index in [0.717, 1.165) is 5.56 Å². The number of rotatable bonds is 5. The van der Waals surface area contributed by atoms with Crippen LogP contribution < -0.4 is 0 Å². The molecule has 122 valence electrons. The molecule has 0 aliphatic carbocycles. The highest BCUT2D eigenvalue weighted by atomic mass is 16.8. The predicted molar refractivity (Wildman–Crippen MR) is 76.8 cm³/mol. The van der Waals surface area contributed by atoms with E-state index in [2.05, 4.69) is 0 Å². The Bertz CT molecular complexity index is 499. The first-order valence-corrected chi connectivity index (χ1v) is 7.40. The fourth-order valence-electron chi connectivity index (χ4n) is 2.96. The summed E-state index contributed by atoms with van der Waals surface area (Å²) in [6, 6.07) is 9.68. The summed E-state index contributed by atoms with van der Waals surface area (Å²) < 4.78 is 23.2. The summed E-state index contributed by atoms with van der Waals surface area (Å²) in [6.45, 7) is 3.18. The van der Waals surface area contributed by atoms with Crippen LogP contribution in [0.25, 0.3) is 0 Å². The second-order valence-electron chi connectivity index (χ2n) is 6.18. The van der Waals surface area contributed by atoms with Gasteiger partial charge in [-0.15, -0.1) is 0 Å². The first kappa shape index (κ1) is 15.9. The first-order valence-electron chi connectivity index (χ1n) is 7.40. The number of hydrogen-bond acceptors (Lipinski definition) is 6. The fourth-order valence-corrected chi connectivity index (χ4v) is 2.96. The van der Waals surface area contributed by atoms with Gasteiger partial charge in [0.05, 0.1) is 19.8 Å². The lowest BCUT2D eigenvalue weighted by atomic mass is 9.97. The molecule has 0 saturated carbocycles. The lowest BCUT2D eigenvalue weighted by Crippen LogP contribution is -2.52. The van der Waals surface area contributed by atoms with Gasteiger partial charge in [-0.1, -0.05) is 30.3 Å². The highest BCUT2D eigenvalue weighted by molar-refractivity contribution is 5.14. The van der Waals surface area contributed by atoms with Crippen LogP contribution in [0.5, 0.6) is 0 Å². The smallest absolute Gasteiger partial charge is 0.190 e. The molecule has 2 saturated heterocycles. The van der Waals surface area contributed by atoms with Gasteiger partial charge in [-0.25, -0.2) is 0 Å². The summed E-state index contributed by atoms with van der Waals surface area (Å²) in [6.07, 6.45) is -1.76. The van der Waals surface area contributed by atoms with Crippen molar-refractivity contribution < 1.29 is 29.2 Å². The van der Waals surface area contributed by atoms with Crippen molar-refractivity contribution in [3.8, 4) is 0 Å². The van der Waals surface area contributed by atoms with Gasteiger partial charge in [-0.3, -0.25) is 0 Å². The third kappa shape index (κ3) is 2.78. The third-order valence-corrected chi connectivity index (χ3v) is 4.06. The molecule has 22 heavy (non-hydrogen) atoms. The molecule has 6 heteroatoms. The quantitative estimate of drug-likeness (QED) is 0.838. The Labute approximate surface area is 129 Å². The highest BCUT2D eigenvalue weighted by Gasteiger charge is 2.62. The Hall–Kier alpha value is -1.02. The fraction of sp³-hybridized carbons (Fsp3) is 0.625. The highest BCUT2D eigenvalue weighted by Crippen LogP contribution is 2.43. The van der Waals surface area contributed by atoms with E-state index < -0.39 is 29.9 Å². The number of hydrogen-bond donors (Lipinski definition) is 2. The Morgan fingerprint density at radius 3 is 2.36 bits per heavy atom. The summed E-state index contributed by atoms with van der Waals surface area (Å²) >= 11 is 0. The molecule has 0 unspecified atom stereocenters. The van der Waals surface area contributed by atoms with Gasteiger partial charge in [0.2, 0.25) is 0 Å². The van der Waals surface area contributed by atoms with Crippen LogP contribution in [-0.4, -0.2) is 53.3 Å². The largest absolute Gasteiger partial charge is 0.393 e. The molecule has 0 radical (unpaired) electrons. The summed E-state index contributed by atoms with van der Waals surface area (Å²) in [5, 5.41) is 19.4. The Kier molecular flexibility index (Phi) is 4.24. The summed E-state index contributed by atoms with van der Waals surface area (Å²) in [5.74, 6) is -0.777. The maximum atomic E-state index is 9.69. The van der Waals surface area contributed by atoms with Gasteiger partial charge >= 0.3 is 0 Å². The number of ether oxygens (including phenoxy) is 4. The Balaban J connectivity index is 1.77. The molecule has 1 aromatic carbocycles. The number of aliphatic hydroxyl groups excluding tert-OH is 2. The molecule has 1 aromatic rings. The van der Waals surface area contributed by atoms with E-state index in [0.29, 0.717) is 6.61 Å². The lowest BCUT2D eigenvalue weighted by Gasteiger charge is -2.33. The van der Waals surface area contributed by atoms with Crippen molar-refractivity contribution in [3.05, 3.63) is 35.9 Å². The van der Waals surface area contributed by atoms with Gasteiger partial charge in [-0.05, 0) is 19.4 Å². The van der Waals surface area contributed by atoms with Crippen molar-refractivity contribution in [1.29, 1.82) is 0 Å². The van der Waals surface area contributed by atoms with Crippen LogP contribution in [0, 0.1) is 0 Å². The molecule has 2 fully saturated rings. The van der Waals surface area contributed by atoms with E-state index >= 15 is 0 Å². The third-order valence-electron chi connectivity index (χ3n) is 4.06. The molecule has 2 N–H and O–H groups in total. The molecule has 0 spiro atoms. The Morgan fingerprint density at radius 1 is 1.05 bits per heavy atom. The molecule has 2 aliphatic heterocycles. The minimum Gasteiger partial charge on any atom is -0.393 e. The second-order valence-corrected chi connectivity index (χ2v) is 6.18. The van der Waals surface area contributed by atoms with Crippen molar-refractivity contribution in [2.24, 2.45) is 0 Å². The number of aliphatic hydroxyl groups is 2. The average molecular weight is 310 g/mol.